The molecule has 3 N–H and O–H groups in total. The van der Waals surface area contributed by atoms with Gasteiger partial charge >= 0.3 is 0 Å². The monoisotopic (exact) mass is 317 g/mol. The summed E-state index contributed by atoms with van der Waals surface area (Å²) in [7, 11) is 0. The molecule has 2 aromatic rings. The van der Waals surface area contributed by atoms with Crippen molar-refractivity contribution in [1.29, 1.82) is 0 Å². The SMILES string of the molecule is CC(C)C[C@H](NC(=O)[CH]Cc1csc2ccccc12)C(N)=O. The highest BCUT2D eigenvalue weighted by Crippen LogP contribution is 2.26. The maximum absolute atomic E-state index is 12.0. The number of rotatable bonds is 7. The molecule has 1 radical (unpaired) electrons. The molecule has 0 unspecified atom stereocenters. The topological polar surface area (TPSA) is 72.2 Å². The molecule has 2 amide bonds. The summed E-state index contributed by atoms with van der Waals surface area (Å²) in [4.78, 5) is 23.4. The molecule has 0 fully saturated rings. The Morgan fingerprint density at radius 1 is 1.32 bits per heavy atom. The van der Waals surface area contributed by atoms with E-state index in [0.29, 0.717) is 18.8 Å². The Labute approximate surface area is 134 Å². The fraction of sp³-hybridized carbons (Fsp3) is 0.353. The molecule has 0 aliphatic carbocycles. The summed E-state index contributed by atoms with van der Waals surface area (Å²) in [6.07, 6.45) is 2.67. The lowest BCUT2D eigenvalue weighted by Crippen LogP contribution is -2.45. The number of carbonyl (C=O) groups is 2. The van der Waals surface area contributed by atoms with Crippen LogP contribution in [-0.2, 0) is 16.0 Å². The van der Waals surface area contributed by atoms with E-state index in [4.69, 9.17) is 5.73 Å². The van der Waals surface area contributed by atoms with Crippen molar-refractivity contribution in [3.05, 3.63) is 41.6 Å². The lowest BCUT2D eigenvalue weighted by Gasteiger charge is -2.17. The van der Waals surface area contributed by atoms with Crippen LogP contribution in [0.25, 0.3) is 10.1 Å². The van der Waals surface area contributed by atoms with Gasteiger partial charge < -0.3 is 11.1 Å². The van der Waals surface area contributed by atoms with Crippen molar-refractivity contribution < 1.29 is 9.59 Å². The number of fused-ring (bicyclic) bond motifs is 1. The largest absolute Gasteiger partial charge is 0.368 e. The molecule has 1 aromatic carbocycles. The van der Waals surface area contributed by atoms with E-state index in [1.165, 1.54) is 10.1 Å². The lowest BCUT2D eigenvalue weighted by atomic mass is 10.0. The van der Waals surface area contributed by atoms with Gasteiger partial charge in [0, 0.05) is 4.70 Å². The molecule has 117 valence electrons. The molecule has 4 nitrogen and oxygen atoms in total. The Kier molecular flexibility index (Phi) is 5.55. The van der Waals surface area contributed by atoms with Crippen molar-refractivity contribution in [2.75, 3.05) is 0 Å². The number of thiophene rings is 1. The Morgan fingerprint density at radius 2 is 2.05 bits per heavy atom. The minimum absolute atomic E-state index is 0.250. The van der Waals surface area contributed by atoms with E-state index in [2.05, 4.69) is 22.8 Å². The first-order valence-corrected chi connectivity index (χ1v) is 8.23. The fourth-order valence-electron chi connectivity index (χ4n) is 2.34. The van der Waals surface area contributed by atoms with Crippen molar-refractivity contribution in [3.63, 3.8) is 0 Å². The van der Waals surface area contributed by atoms with Gasteiger partial charge in [-0.1, -0.05) is 32.0 Å². The van der Waals surface area contributed by atoms with E-state index >= 15 is 0 Å². The molecule has 1 atom stereocenters. The summed E-state index contributed by atoms with van der Waals surface area (Å²) in [5.41, 5.74) is 6.45. The molecule has 2 rings (SSSR count). The van der Waals surface area contributed by atoms with E-state index in [0.717, 1.165) is 5.56 Å². The number of nitrogens with one attached hydrogen (secondary N) is 1. The van der Waals surface area contributed by atoms with Crippen LogP contribution in [0, 0.1) is 12.3 Å². The molecule has 0 bridgehead atoms. The third kappa shape index (κ3) is 4.31. The first-order valence-electron chi connectivity index (χ1n) is 7.35. The summed E-state index contributed by atoms with van der Waals surface area (Å²) in [6, 6.07) is 7.50. The summed E-state index contributed by atoms with van der Waals surface area (Å²) >= 11 is 1.67. The van der Waals surface area contributed by atoms with E-state index in [1.54, 1.807) is 17.8 Å². The van der Waals surface area contributed by atoms with Crippen molar-refractivity contribution in [2.45, 2.75) is 32.7 Å². The zero-order valence-electron chi connectivity index (χ0n) is 12.8. The van der Waals surface area contributed by atoms with Crippen LogP contribution < -0.4 is 11.1 Å². The maximum atomic E-state index is 12.0. The molecule has 1 heterocycles. The third-order valence-corrected chi connectivity index (χ3v) is 4.45. The number of hydrogen-bond acceptors (Lipinski definition) is 3. The number of amides is 2. The first-order chi connectivity index (χ1) is 10.5. The predicted molar refractivity (Wildman–Crippen MR) is 90.4 cm³/mol. The molecule has 0 aliphatic rings. The molecular weight excluding hydrogens is 296 g/mol. The molecule has 1 aromatic heterocycles. The number of benzene rings is 1. The van der Waals surface area contributed by atoms with Crippen molar-refractivity contribution in [2.24, 2.45) is 11.7 Å². The minimum Gasteiger partial charge on any atom is -0.368 e. The van der Waals surface area contributed by atoms with E-state index in [-0.39, 0.29) is 5.91 Å². The molecule has 0 saturated carbocycles. The van der Waals surface area contributed by atoms with Gasteiger partial charge in [-0.3, -0.25) is 9.59 Å². The fourth-order valence-corrected chi connectivity index (χ4v) is 3.32. The van der Waals surface area contributed by atoms with Crippen LogP contribution in [0.5, 0.6) is 0 Å². The van der Waals surface area contributed by atoms with Gasteiger partial charge in [-0.05, 0) is 41.2 Å². The second-order valence-electron chi connectivity index (χ2n) is 5.76. The van der Waals surface area contributed by atoms with Crippen molar-refractivity contribution >= 4 is 33.2 Å². The van der Waals surface area contributed by atoms with Crippen LogP contribution in [0.3, 0.4) is 0 Å². The molecule has 0 aliphatic heterocycles. The summed E-state index contributed by atoms with van der Waals surface area (Å²) < 4.78 is 1.21. The molecule has 0 saturated heterocycles. The number of nitrogens with two attached hydrogens (primary N) is 1. The quantitative estimate of drug-likeness (QED) is 0.824. The second kappa shape index (κ2) is 7.40. The van der Waals surface area contributed by atoms with Crippen LogP contribution in [0.4, 0.5) is 0 Å². The second-order valence-corrected chi connectivity index (χ2v) is 6.67. The minimum atomic E-state index is -0.608. The van der Waals surface area contributed by atoms with Gasteiger partial charge in [-0.2, -0.15) is 0 Å². The number of primary amides is 1. The van der Waals surface area contributed by atoms with Crippen LogP contribution in [0.1, 0.15) is 25.8 Å². The predicted octanol–water partition coefficient (Wildman–Crippen LogP) is 2.66. The highest BCUT2D eigenvalue weighted by atomic mass is 32.1. The third-order valence-electron chi connectivity index (χ3n) is 3.44. The smallest absolute Gasteiger partial charge is 0.240 e. The van der Waals surface area contributed by atoms with Gasteiger partial charge in [0.1, 0.15) is 6.04 Å². The molecule has 5 heteroatoms. The van der Waals surface area contributed by atoms with Gasteiger partial charge in [-0.25, -0.2) is 0 Å². The van der Waals surface area contributed by atoms with Gasteiger partial charge in [0.2, 0.25) is 11.8 Å². The van der Waals surface area contributed by atoms with Crippen LogP contribution in [0.15, 0.2) is 29.6 Å². The Morgan fingerprint density at radius 3 is 2.73 bits per heavy atom. The Hall–Kier alpha value is -1.88. The number of hydrogen-bond donors (Lipinski definition) is 2. The van der Waals surface area contributed by atoms with E-state index in [1.807, 2.05) is 26.0 Å². The van der Waals surface area contributed by atoms with Gasteiger partial charge in [0.15, 0.2) is 0 Å². The van der Waals surface area contributed by atoms with Crippen LogP contribution in [0.2, 0.25) is 0 Å². The average Bonchev–Trinajstić information content (AvgIpc) is 2.87. The Balaban J connectivity index is 1.93. The lowest BCUT2D eigenvalue weighted by molar-refractivity contribution is -0.126. The zero-order valence-corrected chi connectivity index (χ0v) is 13.7. The Bertz CT molecular complexity index is 663. The normalized spacial score (nSPS) is 12.5. The average molecular weight is 317 g/mol. The summed E-state index contributed by atoms with van der Waals surface area (Å²) in [5.74, 6) is -0.449. The zero-order chi connectivity index (χ0) is 16.1. The van der Waals surface area contributed by atoms with E-state index < -0.39 is 11.9 Å². The van der Waals surface area contributed by atoms with Gasteiger partial charge in [0.25, 0.3) is 0 Å². The number of carbonyl (C=O) groups excluding carboxylic acids is 2. The van der Waals surface area contributed by atoms with Crippen LogP contribution >= 0.6 is 11.3 Å². The highest BCUT2D eigenvalue weighted by Gasteiger charge is 2.19. The van der Waals surface area contributed by atoms with Gasteiger partial charge in [0.05, 0.1) is 6.42 Å². The summed E-state index contributed by atoms with van der Waals surface area (Å²) in [5, 5.41) is 5.93. The first kappa shape index (κ1) is 16.5. The molecular formula is C17H21N2O2S. The van der Waals surface area contributed by atoms with Gasteiger partial charge in [-0.15, -0.1) is 11.3 Å². The van der Waals surface area contributed by atoms with Crippen molar-refractivity contribution in [1.82, 2.24) is 5.32 Å². The molecule has 22 heavy (non-hydrogen) atoms. The summed E-state index contributed by atoms with van der Waals surface area (Å²) in [6.45, 7) is 3.98. The van der Waals surface area contributed by atoms with E-state index in [9.17, 15) is 9.59 Å². The highest BCUT2D eigenvalue weighted by molar-refractivity contribution is 7.17. The standard InChI is InChI=1S/C17H21N2O2S/c1-11(2)9-14(17(18)21)19-16(20)8-7-12-10-22-15-6-4-3-5-13(12)15/h3-6,8,10-11,14H,7,9H2,1-2H3,(H2,18,21)(H,19,20)/t14-/m0/s1. The van der Waals surface area contributed by atoms with Crippen molar-refractivity contribution in [3.8, 4) is 0 Å². The van der Waals surface area contributed by atoms with Crippen LogP contribution in [-0.4, -0.2) is 17.9 Å². The molecule has 0 spiro atoms. The maximum Gasteiger partial charge on any atom is 0.240 e.